The van der Waals surface area contributed by atoms with E-state index in [0.717, 1.165) is 82.4 Å². The van der Waals surface area contributed by atoms with Crippen LogP contribution in [0.3, 0.4) is 0 Å². The molecule has 0 radical (unpaired) electrons. The van der Waals surface area contributed by atoms with Gasteiger partial charge in [0.15, 0.2) is 16.7 Å². The van der Waals surface area contributed by atoms with Crippen molar-refractivity contribution in [2.45, 2.75) is 63.2 Å². The zero-order chi connectivity index (χ0) is 24.4. The fraction of sp³-hybridized carbons (Fsp3) is 0.500. The van der Waals surface area contributed by atoms with Gasteiger partial charge in [-0.05, 0) is 103 Å². The summed E-state index contributed by atoms with van der Waals surface area (Å²) in [5.41, 5.74) is 3.58. The normalized spacial score (nSPS) is 28.8. The van der Waals surface area contributed by atoms with Crippen molar-refractivity contribution in [3.05, 3.63) is 58.2 Å². The van der Waals surface area contributed by atoms with Gasteiger partial charge in [-0.25, -0.2) is 4.39 Å². The number of nitrogens with zero attached hydrogens (tertiary/aromatic N) is 2. The Morgan fingerprint density at radius 3 is 2.33 bits per heavy atom. The molecule has 4 aliphatic carbocycles. The summed E-state index contributed by atoms with van der Waals surface area (Å²) in [6.45, 7) is 2.00. The van der Waals surface area contributed by atoms with E-state index >= 15 is 4.39 Å². The molecule has 2 heterocycles. The molecule has 2 aromatic carbocycles. The van der Waals surface area contributed by atoms with Crippen molar-refractivity contribution in [3.8, 4) is 22.8 Å². The maximum atomic E-state index is 15.2. The van der Waals surface area contributed by atoms with Crippen LogP contribution in [0.25, 0.3) is 11.1 Å². The van der Waals surface area contributed by atoms with Gasteiger partial charge in [0, 0.05) is 25.1 Å². The zero-order valence-corrected chi connectivity index (χ0v) is 21.4. The molecule has 36 heavy (non-hydrogen) atoms. The predicted molar refractivity (Wildman–Crippen MR) is 141 cm³/mol. The lowest BCUT2D eigenvalue weighted by Crippen LogP contribution is -2.48. The maximum Gasteiger partial charge on any atom is 0.227 e. The highest BCUT2D eigenvalue weighted by molar-refractivity contribution is 7.15. The number of hydrogen-bond acceptors (Lipinski definition) is 5. The third-order valence-corrected chi connectivity index (χ3v) is 10.4. The van der Waals surface area contributed by atoms with Crippen LogP contribution in [0.2, 0.25) is 0 Å². The number of thiazole rings is 1. The molecule has 1 aromatic heterocycles. The summed E-state index contributed by atoms with van der Waals surface area (Å²) < 4.78 is 15.2. The summed E-state index contributed by atoms with van der Waals surface area (Å²) in [6.07, 6.45) is 10.1. The molecule has 3 aromatic rings. The molecule has 8 rings (SSSR count). The number of phenols is 1. The number of benzene rings is 2. The Kier molecular flexibility index (Phi) is 5.32. The molecule has 4 nitrogen and oxygen atoms in total. The first kappa shape index (κ1) is 22.6. The molecule has 1 aliphatic heterocycles. The Bertz CT molecular complexity index is 1280. The van der Waals surface area contributed by atoms with E-state index in [1.165, 1.54) is 38.2 Å². The Balaban J connectivity index is 1.20. The first-order valence-corrected chi connectivity index (χ1v) is 14.3. The Labute approximate surface area is 215 Å². The highest BCUT2D eigenvalue weighted by Crippen LogP contribution is 2.62. The summed E-state index contributed by atoms with van der Waals surface area (Å²) >= 11 is 1.56. The van der Waals surface area contributed by atoms with Crippen molar-refractivity contribution in [2.75, 3.05) is 18.0 Å². The fourth-order valence-electron chi connectivity index (χ4n) is 8.15. The Morgan fingerprint density at radius 2 is 1.64 bits per heavy atom. The third kappa shape index (κ3) is 3.80. The average Bonchev–Trinajstić information content (AvgIpc) is 3.50. The first-order valence-electron chi connectivity index (χ1n) is 13.5. The number of anilines is 1. The topological polar surface area (TPSA) is 56.6 Å². The molecule has 0 spiro atoms. The van der Waals surface area contributed by atoms with Crippen molar-refractivity contribution in [1.29, 1.82) is 0 Å². The van der Waals surface area contributed by atoms with Gasteiger partial charge in [0.05, 0.1) is 4.88 Å². The summed E-state index contributed by atoms with van der Waals surface area (Å²) in [6, 6.07) is 11.7. The van der Waals surface area contributed by atoms with Gasteiger partial charge in [-0.15, -0.1) is 0 Å². The Morgan fingerprint density at radius 1 is 0.944 bits per heavy atom. The Hall–Kier alpha value is -2.60. The van der Waals surface area contributed by atoms with Crippen molar-refractivity contribution in [2.24, 2.45) is 17.8 Å². The molecule has 5 fully saturated rings. The largest absolute Gasteiger partial charge is 0.505 e. The molecular formula is C30H33FN2O2S. The van der Waals surface area contributed by atoms with E-state index in [0.29, 0.717) is 6.42 Å². The van der Waals surface area contributed by atoms with Crippen LogP contribution in [0.15, 0.2) is 36.4 Å². The fourth-order valence-corrected chi connectivity index (χ4v) is 9.19. The molecule has 1 saturated heterocycles. The predicted octanol–water partition coefficient (Wildman–Crippen LogP) is 7.02. The van der Waals surface area contributed by atoms with Gasteiger partial charge in [-0.3, -0.25) is 0 Å². The molecule has 0 amide bonds. The highest BCUT2D eigenvalue weighted by atomic mass is 32.1. The molecule has 2 N–H and O–H groups in total. The van der Waals surface area contributed by atoms with E-state index in [-0.39, 0.29) is 17.0 Å². The molecular weight excluding hydrogens is 471 g/mol. The van der Waals surface area contributed by atoms with Gasteiger partial charge in [0.2, 0.25) is 5.88 Å². The van der Waals surface area contributed by atoms with E-state index in [1.807, 2.05) is 12.1 Å². The maximum absolute atomic E-state index is 15.2. The molecule has 5 aliphatic rings. The third-order valence-electron chi connectivity index (χ3n) is 9.34. The summed E-state index contributed by atoms with van der Waals surface area (Å²) in [4.78, 5) is 7.52. The van der Waals surface area contributed by atoms with Gasteiger partial charge in [0.25, 0.3) is 0 Å². The highest BCUT2D eigenvalue weighted by Gasteiger charge is 2.52. The van der Waals surface area contributed by atoms with E-state index in [1.54, 1.807) is 11.3 Å². The number of hydrogen-bond donors (Lipinski definition) is 2. The van der Waals surface area contributed by atoms with Crippen molar-refractivity contribution < 1.29 is 14.6 Å². The lowest BCUT2D eigenvalue weighted by atomic mass is 9.48. The average molecular weight is 505 g/mol. The van der Waals surface area contributed by atoms with E-state index in [9.17, 15) is 10.2 Å². The number of halogens is 1. The number of phenolic OH excluding ortho intramolecular Hbond substituents is 1. The van der Waals surface area contributed by atoms with Crippen molar-refractivity contribution in [1.82, 2.24) is 4.98 Å². The van der Waals surface area contributed by atoms with Crippen LogP contribution in [0, 0.1) is 23.6 Å². The number of aromatic hydroxyl groups is 2. The second-order valence-corrected chi connectivity index (χ2v) is 12.9. The van der Waals surface area contributed by atoms with Gasteiger partial charge >= 0.3 is 0 Å². The van der Waals surface area contributed by atoms with Crippen LogP contribution in [0.4, 0.5) is 9.52 Å². The monoisotopic (exact) mass is 504 g/mol. The lowest BCUT2D eigenvalue weighted by Gasteiger charge is -2.57. The van der Waals surface area contributed by atoms with Crippen molar-refractivity contribution >= 4 is 16.5 Å². The number of rotatable bonds is 5. The number of aromatic nitrogens is 1. The van der Waals surface area contributed by atoms with Crippen molar-refractivity contribution in [3.63, 3.8) is 0 Å². The molecule has 0 atom stereocenters. The minimum atomic E-state index is -0.515. The van der Waals surface area contributed by atoms with Gasteiger partial charge in [0.1, 0.15) is 0 Å². The quantitative estimate of drug-likeness (QED) is 0.392. The van der Waals surface area contributed by atoms with Gasteiger partial charge in [-0.2, -0.15) is 4.98 Å². The molecule has 188 valence electrons. The van der Waals surface area contributed by atoms with Crippen LogP contribution in [-0.2, 0) is 11.8 Å². The summed E-state index contributed by atoms with van der Waals surface area (Å²) in [5, 5.41) is 22.3. The molecule has 4 saturated carbocycles. The standard InChI is InChI=1S/C30H33FN2O2S/c31-25-14-23(13-24(27(25)34)30-15-19-8-20(16-30)10-21(9-19)17-30)22-5-3-4-18(11-22)12-26-28(35)32-29(36-26)33-6-1-2-7-33/h3-5,11,13-14,19-21,34-35H,1-2,6-10,12,15-17H2. The smallest absolute Gasteiger partial charge is 0.227 e. The van der Waals surface area contributed by atoms with Crippen LogP contribution in [0.1, 0.15) is 67.4 Å². The van der Waals surface area contributed by atoms with Crippen LogP contribution in [-0.4, -0.2) is 28.3 Å². The summed E-state index contributed by atoms with van der Waals surface area (Å²) in [5.74, 6) is 1.64. The first-order chi connectivity index (χ1) is 17.5. The molecule has 4 bridgehead atoms. The van der Waals surface area contributed by atoms with Gasteiger partial charge in [-0.1, -0.05) is 35.6 Å². The van der Waals surface area contributed by atoms with Crippen LogP contribution in [0.5, 0.6) is 11.6 Å². The minimum absolute atomic E-state index is 0.0757. The van der Waals surface area contributed by atoms with Crippen LogP contribution >= 0.6 is 11.3 Å². The zero-order valence-electron chi connectivity index (χ0n) is 20.5. The van der Waals surface area contributed by atoms with Gasteiger partial charge < -0.3 is 15.1 Å². The van der Waals surface area contributed by atoms with E-state index < -0.39 is 5.82 Å². The molecule has 0 unspecified atom stereocenters. The minimum Gasteiger partial charge on any atom is -0.505 e. The molecule has 6 heteroatoms. The second kappa shape index (κ2) is 8.47. The van der Waals surface area contributed by atoms with E-state index in [2.05, 4.69) is 28.1 Å². The lowest BCUT2D eigenvalue weighted by molar-refractivity contribution is -0.00632. The van der Waals surface area contributed by atoms with E-state index in [4.69, 9.17) is 0 Å². The van der Waals surface area contributed by atoms with Crippen LogP contribution < -0.4 is 4.90 Å². The SMILES string of the molecule is Oc1nc(N2CCCC2)sc1Cc1cccc(-c2cc(F)c(O)c(C34CC5CC(CC(C5)C3)C4)c2)c1. The second-order valence-electron chi connectivity index (χ2n) is 11.9. The summed E-state index contributed by atoms with van der Waals surface area (Å²) in [7, 11) is 0.